The Hall–Kier alpha value is -1.93. The summed E-state index contributed by atoms with van der Waals surface area (Å²) in [7, 11) is 0. The maximum Gasteiger partial charge on any atom is 0.128 e. The van der Waals surface area contributed by atoms with Gasteiger partial charge in [-0.3, -0.25) is 4.98 Å². The van der Waals surface area contributed by atoms with E-state index in [1.165, 1.54) is 6.07 Å². The third-order valence-corrected chi connectivity index (χ3v) is 3.41. The molecule has 0 saturated heterocycles. The number of hydrogen-bond acceptors (Lipinski definition) is 3. The number of aryl methyl sites for hydroxylation is 2. The van der Waals surface area contributed by atoms with E-state index in [2.05, 4.69) is 32.3 Å². The van der Waals surface area contributed by atoms with Crippen molar-refractivity contribution in [1.29, 1.82) is 5.26 Å². The highest BCUT2D eigenvalue weighted by Gasteiger charge is 2.09. The summed E-state index contributed by atoms with van der Waals surface area (Å²) >= 11 is 3.32. The molecule has 0 spiro atoms. The van der Waals surface area contributed by atoms with Crippen LogP contribution in [0.1, 0.15) is 22.5 Å². The first-order chi connectivity index (χ1) is 9.51. The van der Waals surface area contributed by atoms with Gasteiger partial charge in [0.25, 0.3) is 0 Å². The van der Waals surface area contributed by atoms with Crippen LogP contribution >= 0.6 is 15.9 Å². The third-order valence-electron chi connectivity index (χ3n) is 2.92. The Morgan fingerprint density at radius 3 is 2.80 bits per heavy atom. The van der Waals surface area contributed by atoms with E-state index in [-0.39, 0.29) is 5.82 Å². The molecule has 0 unspecified atom stereocenters. The van der Waals surface area contributed by atoms with Crippen LogP contribution in [0.25, 0.3) is 0 Å². The molecule has 0 radical (unpaired) electrons. The van der Waals surface area contributed by atoms with Gasteiger partial charge in [0.05, 0.1) is 16.9 Å². The second-order valence-electron chi connectivity index (χ2n) is 4.47. The molecule has 0 saturated carbocycles. The summed E-state index contributed by atoms with van der Waals surface area (Å²) < 4.78 is 14.5. The second kappa shape index (κ2) is 6.02. The van der Waals surface area contributed by atoms with Crippen molar-refractivity contribution in [3.05, 3.63) is 57.1 Å². The molecule has 0 aliphatic rings. The summed E-state index contributed by atoms with van der Waals surface area (Å²) in [6.07, 6.45) is 0. The number of pyridine rings is 1. The smallest absolute Gasteiger partial charge is 0.128 e. The lowest BCUT2D eigenvalue weighted by Gasteiger charge is -2.11. The maximum atomic E-state index is 13.7. The van der Waals surface area contributed by atoms with Crippen LogP contribution in [0.4, 0.5) is 10.1 Å². The topological polar surface area (TPSA) is 48.7 Å². The highest BCUT2D eigenvalue weighted by molar-refractivity contribution is 9.10. The molecule has 5 heteroatoms. The fourth-order valence-corrected chi connectivity index (χ4v) is 2.39. The zero-order valence-corrected chi connectivity index (χ0v) is 12.8. The average Bonchev–Trinajstić information content (AvgIpc) is 2.39. The van der Waals surface area contributed by atoms with E-state index in [1.807, 2.05) is 6.92 Å². The summed E-state index contributed by atoms with van der Waals surface area (Å²) in [6.45, 7) is 3.96. The van der Waals surface area contributed by atoms with Gasteiger partial charge < -0.3 is 5.32 Å². The summed E-state index contributed by atoms with van der Waals surface area (Å²) in [5.41, 5.74) is 3.20. The Kier molecular flexibility index (Phi) is 4.35. The SMILES string of the molecule is Cc1cc(NCc2cc(Br)ccc2F)c(C#N)c(C)n1. The van der Waals surface area contributed by atoms with Gasteiger partial charge in [-0.1, -0.05) is 15.9 Å². The molecule has 0 amide bonds. The molecular weight excluding hydrogens is 321 g/mol. The van der Waals surface area contributed by atoms with Gasteiger partial charge in [0.2, 0.25) is 0 Å². The molecule has 0 fully saturated rings. The molecule has 2 rings (SSSR count). The normalized spacial score (nSPS) is 10.2. The van der Waals surface area contributed by atoms with Crippen molar-refractivity contribution < 1.29 is 4.39 Å². The van der Waals surface area contributed by atoms with Crippen molar-refractivity contribution in [3.8, 4) is 6.07 Å². The number of aromatic nitrogens is 1. The Balaban J connectivity index is 2.27. The Labute approximate surface area is 125 Å². The third kappa shape index (κ3) is 3.14. The van der Waals surface area contributed by atoms with Crippen LogP contribution in [0, 0.1) is 31.0 Å². The van der Waals surface area contributed by atoms with Gasteiger partial charge >= 0.3 is 0 Å². The molecule has 1 heterocycles. The van der Waals surface area contributed by atoms with E-state index >= 15 is 0 Å². The van der Waals surface area contributed by atoms with Gasteiger partial charge in [-0.15, -0.1) is 0 Å². The monoisotopic (exact) mass is 333 g/mol. The predicted octanol–water partition coefficient (Wildman–Crippen LogP) is 4.08. The molecule has 1 N–H and O–H groups in total. The molecule has 1 aromatic carbocycles. The van der Waals surface area contributed by atoms with Crippen molar-refractivity contribution in [2.75, 3.05) is 5.32 Å². The maximum absolute atomic E-state index is 13.7. The quantitative estimate of drug-likeness (QED) is 0.920. The molecule has 0 aliphatic carbocycles. The van der Waals surface area contributed by atoms with Gasteiger partial charge in [0.1, 0.15) is 11.9 Å². The van der Waals surface area contributed by atoms with E-state index in [4.69, 9.17) is 0 Å². The van der Waals surface area contributed by atoms with Crippen LogP contribution in [0.15, 0.2) is 28.7 Å². The number of rotatable bonds is 3. The largest absolute Gasteiger partial charge is 0.380 e. The fourth-order valence-electron chi connectivity index (χ4n) is 1.98. The predicted molar refractivity (Wildman–Crippen MR) is 79.9 cm³/mol. The molecule has 0 atom stereocenters. The lowest BCUT2D eigenvalue weighted by molar-refractivity contribution is 0.612. The minimum absolute atomic E-state index is 0.276. The molecule has 3 nitrogen and oxygen atoms in total. The van der Waals surface area contributed by atoms with Crippen LogP contribution in [0.3, 0.4) is 0 Å². The average molecular weight is 334 g/mol. The molecule has 2 aromatic rings. The number of halogens is 2. The Bertz CT molecular complexity index is 692. The first-order valence-corrected chi connectivity index (χ1v) is 6.86. The first-order valence-electron chi connectivity index (χ1n) is 6.07. The minimum Gasteiger partial charge on any atom is -0.380 e. The van der Waals surface area contributed by atoms with Gasteiger partial charge in [-0.05, 0) is 38.1 Å². The zero-order valence-electron chi connectivity index (χ0n) is 11.2. The number of hydrogen-bond donors (Lipinski definition) is 1. The van der Waals surface area contributed by atoms with Crippen molar-refractivity contribution in [3.63, 3.8) is 0 Å². The molecule has 20 heavy (non-hydrogen) atoms. The lowest BCUT2D eigenvalue weighted by Crippen LogP contribution is -2.06. The number of nitrogens with one attached hydrogen (secondary N) is 1. The number of nitrogens with zero attached hydrogens (tertiary/aromatic N) is 2. The number of nitriles is 1. The van der Waals surface area contributed by atoms with Crippen LogP contribution in [0.2, 0.25) is 0 Å². The van der Waals surface area contributed by atoms with E-state index in [0.717, 1.165) is 10.2 Å². The summed E-state index contributed by atoms with van der Waals surface area (Å²) in [5.74, 6) is -0.276. The van der Waals surface area contributed by atoms with Crippen molar-refractivity contribution in [1.82, 2.24) is 4.98 Å². The molecule has 0 aliphatic heterocycles. The van der Waals surface area contributed by atoms with Crippen LogP contribution in [-0.2, 0) is 6.54 Å². The molecular formula is C15H13BrFN3. The van der Waals surface area contributed by atoms with Gasteiger partial charge in [0.15, 0.2) is 0 Å². The summed E-state index contributed by atoms with van der Waals surface area (Å²) in [6, 6.07) is 8.70. The van der Waals surface area contributed by atoms with Crippen molar-refractivity contribution in [2.45, 2.75) is 20.4 Å². The van der Waals surface area contributed by atoms with Gasteiger partial charge in [-0.25, -0.2) is 4.39 Å². The fraction of sp³-hybridized carbons (Fsp3) is 0.200. The van der Waals surface area contributed by atoms with Crippen molar-refractivity contribution in [2.24, 2.45) is 0 Å². The highest BCUT2D eigenvalue weighted by atomic mass is 79.9. The van der Waals surface area contributed by atoms with E-state index in [1.54, 1.807) is 25.1 Å². The molecule has 102 valence electrons. The number of benzene rings is 1. The van der Waals surface area contributed by atoms with Crippen LogP contribution in [-0.4, -0.2) is 4.98 Å². The zero-order chi connectivity index (χ0) is 14.7. The second-order valence-corrected chi connectivity index (χ2v) is 5.39. The highest BCUT2D eigenvalue weighted by Crippen LogP contribution is 2.21. The van der Waals surface area contributed by atoms with E-state index < -0.39 is 0 Å². The summed E-state index contributed by atoms with van der Waals surface area (Å²) in [4.78, 5) is 4.25. The standard InChI is InChI=1S/C15H13BrFN3/c1-9-5-15(13(7-18)10(2)20-9)19-8-11-6-12(16)3-4-14(11)17/h3-6H,8H2,1-2H3,(H,19,20). The van der Waals surface area contributed by atoms with Gasteiger partial charge in [0, 0.05) is 22.3 Å². The summed E-state index contributed by atoms with van der Waals surface area (Å²) in [5, 5.41) is 12.3. The first kappa shape index (κ1) is 14.5. The Morgan fingerprint density at radius 2 is 2.10 bits per heavy atom. The minimum atomic E-state index is -0.276. The van der Waals surface area contributed by atoms with Crippen LogP contribution in [0.5, 0.6) is 0 Å². The Morgan fingerprint density at radius 1 is 1.35 bits per heavy atom. The van der Waals surface area contributed by atoms with E-state index in [9.17, 15) is 9.65 Å². The van der Waals surface area contributed by atoms with Gasteiger partial charge in [-0.2, -0.15) is 5.26 Å². The van der Waals surface area contributed by atoms with E-state index in [0.29, 0.717) is 29.1 Å². The molecule has 1 aromatic heterocycles. The lowest BCUT2D eigenvalue weighted by atomic mass is 10.1. The number of anilines is 1. The molecule has 0 bridgehead atoms. The van der Waals surface area contributed by atoms with Crippen LogP contribution < -0.4 is 5.32 Å². The van der Waals surface area contributed by atoms with Crippen molar-refractivity contribution >= 4 is 21.6 Å².